The zero-order valence-electron chi connectivity index (χ0n) is 16.0. The molecule has 0 fully saturated rings. The van der Waals surface area contributed by atoms with Crippen molar-refractivity contribution in [2.75, 3.05) is 14.2 Å². The first-order valence-corrected chi connectivity index (χ1v) is 8.72. The van der Waals surface area contributed by atoms with Crippen molar-refractivity contribution < 1.29 is 36.6 Å². The van der Waals surface area contributed by atoms with E-state index in [-0.39, 0.29) is 17.5 Å². The highest BCUT2D eigenvalue weighted by molar-refractivity contribution is 6.16. The quantitative estimate of drug-likeness (QED) is 0.279. The number of ketones is 1. The van der Waals surface area contributed by atoms with E-state index < -0.39 is 35.1 Å². The zero-order valence-corrected chi connectivity index (χ0v) is 16.0. The van der Waals surface area contributed by atoms with Gasteiger partial charge in [0.25, 0.3) is 5.67 Å². The molecule has 0 heterocycles. The topological polar surface area (TPSA) is 52.6 Å². The molecule has 29 heavy (non-hydrogen) atoms. The van der Waals surface area contributed by atoms with Gasteiger partial charge in [0.1, 0.15) is 5.75 Å². The molecular formula is C21H20F4O4. The van der Waals surface area contributed by atoms with Crippen molar-refractivity contribution in [1.82, 2.24) is 0 Å². The molecule has 4 nitrogen and oxygen atoms in total. The first-order chi connectivity index (χ1) is 13.6. The minimum atomic E-state index is -4.56. The Balaban J connectivity index is 2.52. The van der Waals surface area contributed by atoms with Crippen LogP contribution in [0.2, 0.25) is 0 Å². The summed E-state index contributed by atoms with van der Waals surface area (Å²) >= 11 is 0. The van der Waals surface area contributed by atoms with E-state index in [1.54, 1.807) is 0 Å². The number of carbonyl (C=O) groups excluding carboxylic acids is 2. The molecule has 0 aliphatic rings. The minimum Gasteiger partial charge on any atom is -0.497 e. The van der Waals surface area contributed by atoms with Gasteiger partial charge in [0, 0.05) is 11.5 Å². The molecule has 0 amide bonds. The number of halogens is 4. The molecule has 0 radical (unpaired) electrons. The molecule has 0 saturated carbocycles. The predicted octanol–water partition coefficient (Wildman–Crippen LogP) is 4.97. The van der Waals surface area contributed by atoms with Crippen LogP contribution in [-0.4, -0.2) is 31.6 Å². The van der Waals surface area contributed by atoms with Crippen molar-refractivity contribution in [3.8, 4) is 5.75 Å². The molecule has 8 heteroatoms. The lowest BCUT2D eigenvalue weighted by atomic mass is 9.77. The van der Waals surface area contributed by atoms with E-state index in [1.165, 1.54) is 38.3 Å². The van der Waals surface area contributed by atoms with E-state index in [0.29, 0.717) is 5.75 Å². The van der Waals surface area contributed by atoms with Gasteiger partial charge in [-0.2, -0.15) is 13.2 Å². The molecule has 0 aromatic heterocycles. The van der Waals surface area contributed by atoms with Crippen LogP contribution in [0.4, 0.5) is 17.6 Å². The zero-order chi connectivity index (χ0) is 21.8. The van der Waals surface area contributed by atoms with Crippen LogP contribution in [0.15, 0.2) is 48.5 Å². The van der Waals surface area contributed by atoms with E-state index in [9.17, 15) is 22.8 Å². The fraction of sp³-hybridized carbons (Fsp3) is 0.333. The number of carbonyl (C=O) groups is 2. The number of Topliss-reactive ketones (excluding diaryl/α,β-unsaturated/α-hetero) is 1. The molecule has 156 valence electrons. The summed E-state index contributed by atoms with van der Waals surface area (Å²) in [7, 11) is 2.36. The first kappa shape index (κ1) is 22.4. The van der Waals surface area contributed by atoms with Gasteiger partial charge in [-0.1, -0.05) is 19.1 Å². The Morgan fingerprint density at radius 2 is 1.48 bits per heavy atom. The molecule has 0 unspecified atom stereocenters. The maximum absolute atomic E-state index is 16.1. The summed E-state index contributed by atoms with van der Waals surface area (Å²) in [6.07, 6.45) is -4.59. The summed E-state index contributed by atoms with van der Waals surface area (Å²) < 4.78 is 64.0. The Hall–Kier alpha value is -2.90. The Kier molecular flexibility index (Phi) is 6.66. The van der Waals surface area contributed by atoms with Crippen LogP contribution in [0.25, 0.3) is 0 Å². The van der Waals surface area contributed by atoms with Crippen LogP contribution in [-0.2, 0) is 15.7 Å². The van der Waals surface area contributed by atoms with Gasteiger partial charge in [-0.15, -0.1) is 0 Å². The summed E-state index contributed by atoms with van der Waals surface area (Å²) in [6.45, 7) is 1.53. The van der Waals surface area contributed by atoms with Crippen LogP contribution in [0.3, 0.4) is 0 Å². The van der Waals surface area contributed by atoms with Gasteiger partial charge in [0.2, 0.25) is 5.78 Å². The monoisotopic (exact) mass is 412 g/mol. The van der Waals surface area contributed by atoms with Crippen molar-refractivity contribution in [3.63, 3.8) is 0 Å². The lowest BCUT2D eigenvalue weighted by Crippen LogP contribution is -2.48. The van der Waals surface area contributed by atoms with Gasteiger partial charge in [-0.25, -0.2) is 9.18 Å². The molecule has 0 saturated heterocycles. The van der Waals surface area contributed by atoms with E-state index in [1.807, 2.05) is 0 Å². The Morgan fingerprint density at radius 3 is 1.90 bits per heavy atom. The smallest absolute Gasteiger partial charge is 0.416 e. The molecule has 2 rings (SSSR count). The van der Waals surface area contributed by atoms with E-state index in [2.05, 4.69) is 4.74 Å². The molecule has 2 aromatic carbocycles. The summed E-state index contributed by atoms with van der Waals surface area (Å²) in [4.78, 5) is 25.3. The highest BCUT2D eigenvalue weighted by Crippen LogP contribution is 2.40. The lowest BCUT2D eigenvalue weighted by molar-refractivity contribution is -0.152. The normalized spacial score (nSPS) is 14.6. The molecular weight excluding hydrogens is 392 g/mol. The van der Waals surface area contributed by atoms with Crippen LogP contribution in [0, 0.1) is 0 Å². The summed E-state index contributed by atoms with van der Waals surface area (Å²) in [5.74, 6) is -3.46. The van der Waals surface area contributed by atoms with E-state index >= 15 is 4.39 Å². The third-order valence-corrected chi connectivity index (χ3v) is 4.69. The molecule has 2 atom stereocenters. The lowest BCUT2D eigenvalue weighted by Gasteiger charge is -2.30. The van der Waals surface area contributed by atoms with Crippen molar-refractivity contribution in [2.45, 2.75) is 31.1 Å². The third-order valence-electron chi connectivity index (χ3n) is 4.69. The van der Waals surface area contributed by atoms with Gasteiger partial charge in [-0.3, -0.25) is 4.79 Å². The molecule has 0 bridgehead atoms. The summed E-state index contributed by atoms with van der Waals surface area (Å²) in [5.41, 5.74) is -4.04. The van der Waals surface area contributed by atoms with Gasteiger partial charge in [0.15, 0.2) is 0 Å². The molecule has 0 spiro atoms. The second kappa shape index (κ2) is 8.63. The number of alkyl halides is 4. The van der Waals surface area contributed by atoms with Gasteiger partial charge >= 0.3 is 12.1 Å². The SMILES string of the molecule is CC[C@@H](c1ccc(C(F)(F)F)cc1)[C@](F)(C(=O)OC)C(=O)c1ccc(OC)cc1. The van der Waals surface area contributed by atoms with Gasteiger partial charge < -0.3 is 9.47 Å². The number of hydrogen-bond donors (Lipinski definition) is 0. The van der Waals surface area contributed by atoms with Gasteiger partial charge in [0.05, 0.1) is 19.8 Å². The Morgan fingerprint density at radius 1 is 0.931 bits per heavy atom. The Labute approximate surface area is 165 Å². The van der Waals surface area contributed by atoms with E-state index in [4.69, 9.17) is 4.74 Å². The number of rotatable bonds is 7. The number of benzene rings is 2. The highest BCUT2D eigenvalue weighted by Gasteiger charge is 2.54. The first-order valence-electron chi connectivity index (χ1n) is 8.72. The molecule has 0 aliphatic heterocycles. The van der Waals surface area contributed by atoms with Crippen LogP contribution >= 0.6 is 0 Å². The largest absolute Gasteiger partial charge is 0.497 e. The maximum atomic E-state index is 16.1. The maximum Gasteiger partial charge on any atom is 0.416 e. The van der Waals surface area contributed by atoms with Crippen molar-refractivity contribution in [1.29, 1.82) is 0 Å². The second-order valence-corrected chi connectivity index (χ2v) is 6.34. The summed E-state index contributed by atoms with van der Waals surface area (Å²) in [5, 5.41) is 0. The van der Waals surface area contributed by atoms with E-state index in [0.717, 1.165) is 31.4 Å². The number of hydrogen-bond acceptors (Lipinski definition) is 4. The van der Waals surface area contributed by atoms with Crippen LogP contribution < -0.4 is 4.74 Å². The van der Waals surface area contributed by atoms with Crippen LogP contribution in [0.1, 0.15) is 40.7 Å². The van der Waals surface area contributed by atoms with Crippen LogP contribution in [0.5, 0.6) is 5.75 Å². The average Bonchev–Trinajstić information content (AvgIpc) is 2.72. The second-order valence-electron chi connectivity index (χ2n) is 6.34. The van der Waals surface area contributed by atoms with Gasteiger partial charge in [-0.05, 0) is 48.4 Å². The predicted molar refractivity (Wildman–Crippen MR) is 97.7 cm³/mol. The number of esters is 1. The Bertz CT molecular complexity index is 860. The number of methoxy groups -OCH3 is 2. The molecule has 0 N–H and O–H groups in total. The standard InChI is InChI=1S/C21H20F4O4/c1-4-17(13-5-9-15(10-6-13)21(23,24)25)20(22,19(27)29-3)18(26)14-7-11-16(28-2)12-8-14/h5-12,17H,4H2,1-3H3/t17-,20+/m0/s1. The minimum absolute atomic E-state index is 0.0289. The third kappa shape index (κ3) is 4.41. The fourth-order valence-electron chi connectivity index (χ4n) is 3.15. The fourth-order valence-corrected chi connectivity index (χ4v) is 3.15. The average molecular weight is 412 g/mol. The van der Waals surface area contributed by atoms with Crippen molar-refractivity contribution in [3.05, 3.63) is 65.2 Å². The molecule has 0 aliphatic carbocycles. The summed E-state index contributed by atoms with van der Waals surface area (Å²) in [6, 6.07) is 9.18. The molecule has 2 aromatic rings. The van der Waals surface area contributed by atoms with Crippen molar-refractivity contribution in [2.24, 2.45) is 0 Å². The highest BCUT2D eigenvalue weighted by atomic mass is 19.4. The van der Waals surface area contributed by atoms with Crippen molar-refractivity contribution >= 4 is 11.8 Å². The number of ether oxygens (including phenoxy) is 2.